The monoisotopic (exact) mass is 444 g/mol. The fourth-order valence-corrected chi connectivity index (χ4v) is 3.98. The summed E-state index contributed by atoms with van der Waals surface area (Å²) in [6.07, 6.45) is 5.56. The lowest BCUT2D eigenvalue weighted by Crippen LogP contribution is -2.33. The minimum atomic E-state index is -0.133. The van der Waals surface area contributed by atoms with Crippen molar-refractivity contribution in [2.24, 2.45) is 0 Å². The fourth-order valence-electron chi connectivity index (χ4n) is 3.85. The lowest BCUT2D eigenvalue weighted by Gasteiger charge is -2.23. The average Bonchev–Trinajstić information content (AvgIpc) is 3.57. The third-order valence-electron chi connectivity index (χ3n) is 5.69. The molecule has 160 valence electrons. The number of benzene rings is 2. The maximum Gasteiger partial charge on any atom is 0.258 e. The first-order valence-corrected chi connectivity index (χ1v) is 10.8. The summed E-state index contributed by atoms with van der Waals surface area (Å²) in [5, 5.41) is 7.69. The number of hydrogen-bond donors (Lipinski definition) is 1. The summed E-state index contributed by atoms with van der Waals surface area (Å²) in [5.41, 5.74) is 4.69. The zero-order chi connectivity index (χ0) is 22.2. The first-order chi connectivity index (χ1) is 15.5. The van der Waals surface area contributed by atoms with Crippen LogP contribution in [0.25, 0.3) is 16.6 Å². The number of halogens is 1. The van der Waals surface area contributed by atoms with Gasteiger partial charge in [0.05, 0.1) is 11.7 Å². The number of rotatable bonds is 5. The van der Waals surface area contributed by atoms with E-state index in [1.165, 1.54) is 0 Å². The van der Waals surface area contributed by atoms with Gasteiger partial charge in [-0.25, -0.2) is 4.52 Å². The van der Waals surface area contributed by atoms with Crippen molar-refractivity contribution in [1.82, 2.24) is 14.9 Å². The van der Waals surface area contributed by atoms with Crippen LogP contribution in [0.1, 0.15) is 33.6 Å². The molecule has 1 N–H and O–H groups in total. The van der Waals surface area contributed by atoms with E-state index in [0.29, 0.717) is 16.1 Å². The van der Waals surface area contributed by atoms with Crippen molar-refractivity contribution in [3.63, 3.8) is 0 Å². The normalized spacial score (nSPS) is 13.2. The summed E-state index contributed by atoms with van der Waals surface area (Å²) >= 11 is 6.04. The van der Waals surface area contributed by atoms with Gasteiger partial charge in [-0.1, -0.05) is 23.7 Å². The molecule has 1 fully saturated rings. The molecule has 0 aliphatic heterocycles. The van der Waals surface area contributed by atoms with Crippen LogP contribution in [0.2, 0.25) is 5.02 Å². The van der Waals surface area contributed by atoms with E-state index in [0.717, 1.165) is 35.2 Å². The topological polar surface area (TPSA) is 66.7 Å². The molecule has 32 heavy (non-hydrogen) atoms. The molecule has 4 aromatic rings. The number of anilines is 1. The maximum absolute atomic E-state index is 13.5. The molecule has 0 bridgehead atoms. The van der Waals surface area contributed by atoms with Crippen molar-refractivity contribution in [3.8, 4) is 11.1 Å². The van der Waals surface area contributed by atoms with E-state index in [1.807, 2.05) is 35.2 Å². The Hall–Kier alpha value is -3.64. The summed E-state index contributed by atoms with van der Waals surface area (Å²) in [5.74, 6) is -0.175. The number of carbonyl (C=O) groups excluding carboxylic acids is 2. The Bertz CT molecular complexity index is 1310. The van der Waals surface area contributed by atoms with Gasteiger partial charge in [-0.2, -0.15) is 5.10 Å². The minimum Gasteiger partial charge on any atom is -0.355 e. The predicted molar refractivity (Wildman–Crippen MR) is 125 cm³/mol. The smallest absolute Gasteiger partial charge is 0.258 e. The van der Waals surface area contributed by atoms with Gasteiger partial charge in [0.15, 0.2) is 0 Å². The van der Waals surface area contributed by atoms with Crippen molar-refractivity contribution in [1.29, 1.82) is 0 Å². The molecule has 2 amide bonds. The van der Waals surface area contributed by atoms with Crippen LogP contribution in [0.3, 0.4) is 0 Å². The van der Waals surface area contributed by atoms with Crippen LogP contribution in [-0.4, -0.2) is 34.5 Å². The van der Waals surface area contributed by atoms with Crippen LogP contribution >= 0.6 is 11.6 Å². The number of nitrogens with zero attached hydrogens (tertiary/aromatic N) is 3. The van der Waals surface area contributed by atoms with Crippen LogP contribution in [-0.2, 0) is 0 Å². The van der Waals surface area contributed by atoms with Crippen LogP contribution < -0.4 is 10.2 Å². The van der Waals surface area contributed by atoms with E-state index in [4.69, 9.17) is 11.6 Å². The van der Waals surface area contributed by atoms with Gasteiger partial charge < -0.3 is 10.2 Å². The Morgan fingerprint density at radius 3 is 2.41 bits per heavy atom. The number of pyridine rings is 1. The van der Waals surface area contributed by atoms with Crippen LogP contribution in [0.15, 0.2) is 73.1 Å². The van der Waals surface area contributed by atoms with E-state index >= 15 is 0 Å². The average molecular weight is 445 g/mol. The van der Waals surface area contributed by atoms with Gasteiger partial charge in [0.25, 0.3) is 11.8 Å². The largest absolute Gasteiger partial charge is 0.355 e. The standard InChI is InChI=1S/C25H21ClN4O2/c1-27-24(31)17-4-2-16(3-5-17)22-15-28-29-13-12-18(14-23(22)29)25(32)30(21-10-11-21)20-8-6-19(26)7-9-20/h2-9,12-15,21H,10-11H2,1H3,(H,27,31). The zero-order valence-corrected chi connectivity index (χ0v) is 18.2. The van der Waals surface area contributed by atoms with Crippen LogP contribution in [0, 0.1) is 0 Å². The highest BCUT2D eigenvalue weighted by molar-refractivity contribution is 6.30. The maximum atomic E-state index is 13.5. The van der Waals surface area contributed by atoms with E-state index in [-0.39, 0.29) is 17.9 Å². The quantitative estimate of drug-likeness (QED) is 0.479. The molecule has 7 heteroatoms. The third kappa shape index (κ3) is 3.74. The van der Waals surface area contributed by atoms with Gasteiger partial charge in [-0.15, -0.1) is 0 Å². The molecule has 0 spiro atoms. The highest BCUT2D eigenvalue weighted by Gasteiger charge is 2.34. The fraction of sp³-hybridized carbons (Fsp3) is 0.160. The van der Waals surface area contributed by atoms with E-state index in [9.17, 15) is 9.59 Å². The molecule has 0 saturated heterocycles. The van der Waals surface area contributed by atoms with E-state index in [1.54, 1.807) is 54.3 Å². The summed E-state index contributed by atoms with van der Waals surface area (Å²) in [6, 6.07) is 18.6. The molecule has 2 aromatic carbocycles. The molecule has 0 atom stereocenters. The van der Waals surface area contributed by atoms with E-state index < -0.39 is 0 Å². The number of aromatic nitrogens is 2. The minimum absolute atomic E-state index is 0.0422. The Balaban J connectivity index is 1.51. The SMILES string of the molecule is CNC(=O)c1ccc(-c2cnn3ccc(C(=O)N(c4ccc(Cl)cc4)C4CC4)cc23)cc1. The Morgan fingerprint density at radius 2 is 1.75 bits per heavy atom. The summed E-state index contributed by atoms with van der Waals surface area (Å²) in [4.78, 5) is 27.2. The summed E-state index contributed by atoms with van der Waals surface area (Å²) in [7, 11) is 1.61. The second-order valence-electron chi connectivity index (χ2n) is 7.84. The number of fused-ring (bicyclic) bond motifs is 1. The highest BCUT2D eigenvalue weighted by Crippen LogP contribution is 2.34. The molecule has 2 aromatic heterocycles. The molecule has 1 saturated carbocycles. The van der Waals surface area contributed by atoms with Gasteiger partial charge in [0.1, 0.15) is 0 Å². The van der Waals surface area contributed by atoms with Crippen molar-refractivity contribution in [2.45, 2.75) is 18.9 Å². The third-order valence-corrected chi connectivity index (χ3v) is 5.94. The first kappa shape index (κ1) is 20.3. The Morgan fingerprint density at radius 1 is 1.03 bits per heavy atom. The van der Waals surface area contributed by atoms with Gasteiger partial charge in [0.2, 0.25) is 0 Å². The van der Waals surface area contributed by atoms with Crippen LogP contribution in [0.5, 0.6) is 0 Å². The predicted octanol–water partition coefficient (Wildman–Crippen LogP) is 4.82. The van der Waals surface area contributed by atoms with Crippen molar-refractivity contribution >= 4 is 34.6 Å². The molecule has 1 aliphatic rings. The van der Waals surface area contributed by atoms with Gasteiger partial charge in [-0.05, 0) is 66.9 Å². The summed E-state index contributed by atoms with van der Waals surface area (Å²) < 4.78 is 1.75. The second kappa shape index (κ2) is 8.13. The molecule has 0 radical (unpaired) electrons. The summed E-state index contributed by atoms with van der Waals surface area (Å²) in [6.45, 7) is 0. The van der Waals surface area contributed by atoms with Gasteiger partial charge in [-0.3, -0.25) is 9.59 Å². The molecule has 1 aliphatic carbocycles. The molecular formula is C25H21ClN4O2. The van der Waals surface area contributed by atoms with Gasteiger partial charge in [0, 0.05) is 46.7 Å². The number of hydrogen-bond acceptors (Lipinski definition) is 3. The second-order valence-corrected chi connectivity index (χ2v) is 8.28. The lowest BCUT2D eigenvalue weighted by atomic mass is 10.0. The van der Waals surface area contributed by atoms with Gasteiger partial charge >= 0.3 is 0 Å². The highest BCUT2D eigenvalue weighted by atomic mass is 35.5. The number of nitrogens with one attached hydrogen (secondary N) is 1. The Labute approximate surface area is 190 Å². The molecule has 6 nitrogen and oxygen atoms in total. The lowest BCUT2D eigenvalue weighted by molar-refractivity contribution is 0.0960. The van der Waals surface area contributed by atoms with Crippen LogP contribution in [0.4, 0.5) is 5.69 Å². The number of carbonyl (C=O) groups is 2. The molecular weight excluding hydrogens is 424 g/mol. The first-order valence-electron chi connectivity index (χ1n) is 10.4. The van der Waals surface area contributed by atoms with Crippen molar-refractivity contribution in [2.75, 3.05) is 11.9 Å². The number of amides is 2. The zero-order valence-electron chi connectivity index (χ0n) is 17.5. The molecule has 5 rings (SSSR count). The van der Waals surface area contributed by atoms with Crippen molar-refractivity contribution in [3.05, 3.63) is 89.2 Å². The Kier molecular flexibility index (Phi) is 5.15. The van der Waals surface area contributed by atoms with Crippen molar-refractivity contribution < 1.29 is 9.59 Å². The molecule has 2 heterocycles. The molecule has 0 unspecified atom stereocenters. The van der Waals surface area contributed by atoms with E-state index in [2.05, 4.69) is 10.4 Å².